The summed E-state index contributed by atoms with van der Waals surface area (Å²) in [4.78, 5) is 11.7. The molecule has 0 bridgehead atoms. The van der Waals surface area contributed by atoms with E-state index in [0.717, 1.165) is 24.1 Å². The van der Waals surface area contributed by atoms with E-state index < -0.39 is 0 Å². The van der Waals surface area contributed by atoms with Crippen LogP contribution in [0.3, 0.4) is 0 Å². The van der Waals surface area contributed by atoms with Crippen LogP contribution in [0.2, 0.25) is 0 Å². The largest absolute Gasteiger partial charge is 0.456 e. The molecule has 0 spiro atoms. The summed E-state index contributed by atoms with van der Waals surface area (Å²) in [7, 11) is 0. The van der Waals surface area contributed by atoms with Gasteiger partial charge >= 0.3 is 5.97 Å². The number of nitrogens with one attached hydrogen (secondary N) is 1. The Balaban J connectivity index is 1.92. The highest BCUT2D eigenvalue weighted by Crippen LogP contribution is 2.14. The lowest BCUT2D eigenvalue weighted by Gasteiger charge is -2.06. The molecule has 1 aliphatic heterocycles. The molecule has 1 aliphatic rings. The van der Waals surface area contributed by atoms with E-state index in [1.807, 2.05) is 37.3 Å². The third-order valence-corrected chi connectivity index (χ3v) is 2.65. The molecule has 16 heavy (non-hydrogen) atoms. The number of rotatable bonds is 3. The van der Waals surface area contributed by atoms with Crippen LogP contribution in [0.15, 0.2) is 41.6 Å². The third kappa shape index (κ3) is 2.42. The number of benzene rings is 1. The maximum Gasteiger partial charge on any atom is 0.354 e. The molecule has 3 heteroatoms. The van der Waals surface area contributed by atoms with Crippen molar-refractivity contribution in [3.63, 3.8) is 0 Å². The summed E-state index contributed by atoms with van der Waals surface area (Å²) < 4.78 is 5.22. The van der Waals surface area contributed by atoms with Gasteiger partial charge in [0, 0.05) is 6.54 Å². The predicted octanol–water partition coefficient (Wildman–Crippen LogP) is 2.00. The average molecular weight is 217 g/mol. The fraction of sp³-hybridized carbons (Fsp3) is 0.308. The van der Waals surface area contributed by atoms with Crippen LogP contribution in [0.25, 0.3) is 0 Å². The molecule has 1 N–H and O–H groups in total. The van der Waals surface area contributed by atoms with Crippen LogP contribution in [-0.4, -0.2) is 12.5 Å². The molecule has 0 saturated heterocycles. The summed E-state index contributed by atoms with van der Waals surface area (Å²) in [6, 6.07) is 9.69. The molecule has 0 aliphatic carbocycles. The molecule has 1 heterocycles. The number of carbonyl (C=O) groups is 1. The van der Waals surface area contributed by atoms with Crippen molar-refractivity contribution in [3.8, 4) is 0 Å². The zero-order valence-corrected chi connectivity index (χ0v) is 9.32. The van der Waals surface area contributed by atoms with Crippen molar-refractivity contribution in [1.82, 2.24) is 5.32 Å². The van der Waals surface area contributed by atoms with Gasteiger partial charge in [0.1, 0.15) is 12.3 Å². The topological polar surface area (TPSA) is 38.3 Å². The van der Waals surface area contributed by atoms with E-state index in [9.17, 15) is 4.79 Å². The van der Waals surface area contributed by atoms with Crippen LogP contribution in [0.4, 0.5) is 0 Å². The van der Waals surface area contributed by atoms with Gasteiger partial charge in [0.15, 0.2) is 0 Å². The Morgan fingerprint density at radius 1 is 1.38 bits per heavy atom. The summed E-state index contributed by atoms with van der Waals surface area (Å²) in [6.45, 7) is 3.12. The van der Waals surface area contributed by atoms with Crippen molar-refractivity contribution < 1.29 is 9.53 Å². The van der Waals surface area contributed by atoms with Gasteiger partial charge in [0.25, 0.3) is 0 Å². The summed E-state index contributed by atoms with van der Waals surface area (Å²) in [6.07, 6.45) is 0.926. The van der Waals surface area contributed by atoms with Crippen LogP contribution in [-0.2, 0) is 16.1 Å². The van der Waals surface area contributed by atoms with E-state index in [1.165, 1.54) is 0 Å². The standard InChI is InChI=1S/C13H15NO2/c1-10-7-8-14-12(10)13(15)16-9-11-5-3-2-4-6-11/h2-6,14H,7-9H2,1H3. The quantitative estimate of drug-likeness (QED) is 0.787. The Kier molecular flexibility index (Phi) is 3.25. The van der Waals surface area contributed by atoms with Crippen LogP contribution in [0.5, 0.6) is 0 Å². The van der Waals surface area contributed by atoms with Gasteiger partial charge in [-0.15, -0.1) is 0 Å². The molecule has 1 aromatic carbocycles. The smallest absolute Gasteiger partial charge is 0.354 e. The van der Waals surface area contributed by atoms with Gasteiger partial charge in [0.05, 0.1) is 0 Å². The number of esters is 1. The molecular formula is C13H15NO2. The minimum Gasteiger partial charge on any atom is -0.456 e. The lowest BCUT2D eigenvalue weighted by molar-refractivity contribution is -0.140. The Bertz CT molecular complexity index is 409. The molecule has 0 atom stereocenters. The van der Waals surface area contributed by atoms with Crippen LogP contribution in [0.1, 0.15) is 18.9 Å². The van der Waals surface area contributed by atoms with Gasteiger partial charge in [0.2, 0.25) is 0 Å². The van der Waals surface area contributed by atoms with Gasteiger partial charge in [-0.3, -0.25) is 0 Å². The fourth-order valence-electron chi connectivity index (χ4n) is 1.69. The van der Waals surface area contributed by atoms with Crippen LogP contribution >= 0.6 is 0 Å². The molecule has 1 aromatic rings. The first kappa shape index (κ1) is 10.7. The molecular weight excluding hydrogens is 202 g/mol. The zero-order valence-electron chi connectivity index (χ0n) is 9.32. The summed E-state index contributed by atoms with van der Waals surface area (Å²) in [5.74, 6) is -0.251. The van der Waals surface area contributed by atoms with Crippen molar-refractivity contribution in [2.45, 2.75) is 20.0 Å². The maximum atomic E-state index is 11.7. The number of hydrogen-bond acceptors (Lipinski definition) is 3. The lowest BCUT2D eigenvalue weighted by Crippen LogP contribution is -2.18. The summed E-state index contributed by atoms with van der Waals surface area (Å²) in [5, 5.41) is 3.05. The molecule has 84 valence electrons. The Hall–Kier alpha value is -1.77. The van der Waals surface area contributed by atoms with Crippen LogP contribution < -0.4 is 5.32 Å². The first-order chi connectivity index (χ1) is 7.77. The Labute approximate surface area is 95.1 Å². The van der Waals surface area contributed by atoms with E-state index in [1.54, 1.807) is 0 Å². The highest BCUT2D eigenvalue weighted by atomic mass is 16.5. The second-order valence-electron chi connectivity index (χ2n) is 3.89. The van der Waals surface area contributed by atoms with E-state index in [2.05, 4.69) is 5.32 Å². The number of carbonyl (C=O) groups excluding carboxylic acids is 1. The van der Waals surface area contributed by atoms with Crippen molar-refractivity contribution in [3.05, 3.63) is 47.2 Å². The second kappa shape index (κ2) is 4.84. The third-order valence-electron chi connectivity index (χ3n) is 2.65. The Morgan fingerprint density at radius 3 is 2.75 bits per heavy atom. The highest BCUT2D eigenvalue weighted by molar-refractivity contribution is 5.89. The zero-order chi connectivity index (χ0) is 11.4. The summed E-state index contributed by atoms with van der Waals surface area (Å²) in [5.41, 5.74) is 2.72. The van der Waals surface area contributed by atoms with Crippen LogP contribution in [0, 0.1) is 0 Å². The van der Waals surface area contributed by atoms with Crippen molar-refractivity contribution in [1.29, 1.82) is 0 Å². The Morgan fingerprint density at radius 2 is 2.12 bits per heavy atom. The molecule has 0 amide bonds. The molecule has 0 unspecified atom stereocenters. The van der Waals surface area contributed by atoms with Gasteiger partial charge in [-0.1, -0.05) is 30.3 Å². The molecule has 0 fully saturated rings. The van der Waals surface area contributed by atoms with E-state index in [0.29, 0.717) is 12.3 Å². The fourth-order valence-corrected chi connectivity index (χ4v) is 1.69. The second-order valence-corrected chi connectivity index (χ2v) is 3.89. The van der Waals surface area contributed by atoms with E-state index >= 15 is 0 Å². The average Bonchev–Trinajstić information content (AvgIpc) is 2.74. The molecule has 3 nitrogen and oxygen atoms in total. The molecule has 0 saturated carbocycles. The van der Waals surface area contributed by atoms with E-state index in [-0.39, 0.29) is 5.97 Å². The van der Waals surface area contributed by atoms with Gasteiger partial charge in [-0.05, 0) is 24.5 Å². The van der Waals surface area contributed by atoms with Gasteiger partial charge in [-0.2, -0.15) is 0 Å². The predicted molar refractivity (Wildman–Crippen MR) is 61.6 cm³/mol. The molecule has 2 rings (SSSR count). The number of hydrogen-bond donors (Lipinski definition) is 1. The highest BCUT2D eigenvalue weighted by Gasteiger charge is 2.18. The minimum absolute atomic E-state index is 0.251. The van der Waals surface area contributed by atoms with Crippen molar-refractivity contribution in [2.75, 3.05) is 6.54 Å². The SMILES string of the molecule is CC1=C(C(=O)OCc2ccccc2)NCC1. The van der Waals surface area contributed by atoms with Crippen molar-refractivity contribution >= 4 is 5.97 Å². The molecule has 0 radical (unpaired) electrons. The first-order valence-electron chi connectivity index (χ1n) is 5.42. The van der Waals surface area contributed by atoms with Crippen molar-refractivity contribution in [2.24, 2.45) is 0 Å². The first-order valence-corrected chi connectivity index (χ1v) is 5.42. The maximum absolute atomic E-state index is 11.7. The van der Waals surface area contributed by atoms with E-state index in [4.69, 9.17) is 4.74 Å². The van der Waals surface area contributed by atoms with Gasteiger partial charge in [-0.25, -0.2) is 4.79 Å². The minimum atomic E-state index is -0.251. The normalized spacial score (nSPS) is 14.8. The monoisotopic (exact) mass is 217 g/mol. The number of ether oxygens (including phenoxy) is 1. The summed E-state index contributed by atoms with van der Waals surface area (Å²) >= 11 is 0. The van der Waals surface area contributed by atoms with Gasteiger partial charge < -0.3 is 10.1 Å². The molecule has 0 aromatic heterocycles. The lowest BCUT2D eigenvalue weighted by atomic mass is 10.2.